The number of aromatic nitrogens is 2. The van der Waals surface area contributed by atoms with Crippen molar-refractivity contribution < 1.29 is 14.1 Å². The topological polar surface area (TPSA) is 91.3 Å². The van der Waals surface area contributed by atoms with Gasteiger partial charge in [0.25, 0.3) is 16.4 Å². The van der Waals surface area contributed by atoms with Gasteiger partial charge >= 0.3 is 0 Å². The van der Waals surface area contributed by atoms with Crippen molar-refractivity contribution in [1.82, 2.24) is 10.2 Å². The van der Waals surface area contributed by atoms with Crippen LogP contribution in [-0.4, -0.2) is 22.2 Å². The van der Waals surface area contributed by atoms with E-state index < -0.39 is 4.92 Å². The summed E-state index contributed by atoms with van der Waals surface area (Å²) in [5.41, 5.74) is 0.431. The molecule has 2 aromatic rings. The number of ether oxygens (including phenoxy) is 1. The van der Waals surface area contributed by atoms with Crippen LogP contribution in [0.15, 0.2) is 27.4 Å². The number of nitro groups is 1. The SMILES string of the molecule is COc1cc([N+](=O)[O-])ccc1-c1nnc(Br)o1. The van der Waals surface area contributed by atoms with E-state index in [2.05, 4.69) is 26.1 Å². The molecule has 0 atom stereocenters. The second-order valence-corrected chi connectivity index (χ2v) is 3.68. The molecule has 0 amide bonds. The van der Waals surface area contributed by atoms with Crippen molar-refractivity contribution in [2.45, 2.75) is 0 Å². The highest BCUT2D eigenvalue weighted by molar-refractivity contribution is 9.10. The molecule has 7 nitrogen and oxygen atoms in total. The standard InChI is InChI=1S/C9H6BrN3O4/c1-16-7-4-5(13(14)15)2-3-6(7)8-11-12-9(10)17-8/h2-4H,1H3. The zero-order chi connectivity index (χ0) is 12.4. The molecule has 0 N–H and O–H groups in total. The van der Waals surface area contributed by atoms with Crippen molar-refractivity contribution in [3.05, 3.63) is 33.1 Å². The van der Waals surface area contributed by atoms with Crippen LogP contribution in [0.5, 0.6) is 5.75 Å². The smallest absolute Gasteiger partial charge is 0.285 e. The maximum atomic E-state index is 10.6. The molecule has 0 saturated heterocycles. The Morgan fingerprint density at radius 3 is 2.76 bits per heavy atom. The molecule has 0 aliphatic rings. The van der Waals surface area contributed by atoms with E-state index in [1.807, 2.05) is 0 Å². The summed E-state index contributed by atoms with van der Waals surface area (Å²) in [7, 11) is 1.41. The van der Waals surface area contributed by atoms with Crippen LogP contribution in [0.4, 0.5) is 5.69 Å². The molecule has 0 radical (unpaired) electrons. The molecule has 0 spiro atoms. The largest absolute Gasteiger partial charge is 0.496 e. The molecular weight excluding hydrogens is 294 g/mol. The third-order valence-electron chi connectivity index (χ3n) is 2.03. The number of methoxy groups -OCH3 is 1. The summed E-state index contributed by atoms with van der Waals surface area (Å²) in [5.74, 6) is 0.527. The lowest BCUT2D eigenvalue weighted by atomic mass is 10.2. The summed E-state index contributed by atoms with van der Waals surface area (Å²) >= 11 is 3.02. The number of nitro benzene ring substituents is 1. The van der Waals surface area contributed by atoms with Crippen LogP contribution in [0.3, 0.4) is 0 Å². The van der Waals surface area contributed by atoms with Crippen molar-refractivity contribution in [2.24, 2.45) is 0 Å². The zero-order valence-electron chi connectivity index (χ0n) is 8.58. The van der Waals surface area contributed by atoms with E-state index in [0.29, 0.717) is 11.3 Å². The number of hydrogen-bond acceptors (Lipinski definition) is 6. The van der Waals surface area contributed by atoms with Gasteiger partial charge in [-0.1, -0.05) is 0 Å². The summed E-state index contributed by atoms with van der Waals surface area (Å²) in [6.07, 6.45) is 0. The Bertz CT molecular complexity index is 569. The van der Waals surface area contributed by atoms with Gasteiger partial charge in [0.1, 0.15) is 5.75 Å². The molecule has 0 fully saturated rings. The summed E-state index contributed by atoms with van der Waals surface area (Å²) in [6, 6.07) is 4.14. The van der Waals surface area contributed by atoms with Gasteiger partial charge in [-0.3, -0.25) is 10.1 Å². The summed E-state index contributed by atoms with van der Waals surface area (Å²) in [4.78, 5) is 10.3. The molecule has 1 aromatic carbocycles. The Morgan fingerprint density at radius 2 is 2.24 bits per heavy atom. The summed E-state index contributed by atoms with van der Waals surface area (Å²) in [5, 5.41) is 18.0. The van der Waals surface area contributed by atoms with E-state index >= 15 is 0 Å². The normalized spacial score (nSPS) is 10.2. The molecule has 0 aliphatic carbocycles. The van der Waals surface area contributed by atoms with Crippen LogP contribution in [0, 0.1) is 10.1 Å². The number of nitrogens with zero attached hydrogens (tertiary/aromatic N) is 3. The number of rotatable bonds is 3. The molecule has 1 heterocycles. The quantitative estimate of drug-likeness (QED) is 0.638. The molecular formula is C9H6BrN3O4. The number of benzene rings is 1. The minimum atomic E-state index is -0.504. The van der Waals surface area contributed by atoms with Gasteiger partial charge in [0.05, 0.1) is 23.7 Å². The van der Waals surface area contributed by atoms with E-state index in [1.54, 1.807) is 0 Å². The molecule has 17 heavy (non-hydrogen) atoms. The van der Waals surface area contributed by atoms with Crippen LogP contribution < -0.4 is 4.74 Å². The van der Waals surface area contributed by atoms with Crippen LogP contribution in [0.25, 0.3) is 11.5 Å². The van der Waals surface area contributed by atoms with Crippen molar-refractivity contribution in [3.63, 3.8) is 0 Å². The van der Waals surface area contributed by atoms with Crippen molar-refractivity contribution in [1.29, 1.82) is 0 Å². The number of non-ortho nitro benzene ring substituents is 1. The fourth-order valence-corrected chi connectivity index (χ4v) is 1.52. The monoisotopic (exact) mass is 299 g/mol. The minimum absolute atomic E-state index is 0.0656. The predicted molar refractivity (Wildman–Crippen MR) is 60.6 cm³/mol. The second kappa shape index (κ2) is 4.50. The van der Waals surface area contributed by atoms with Crippen LogP contribution in [-0.2, 0) is 0 Å². The highest BCUT2D eigenvalue weighted by Gasteiger charge is 2.16. The number of halogens is 1. The molecule has 0 unspecified atom stereocenters. The molecule has 2 rings (SSSR count). The average molecular weight is 300 g/mol. The van der Waals surface area contributed by atoms with E-state index in [1.165, 1.54) is 25.3 Å². The first-order valence-electron chi connectivity index (χ1n) is 4.43. The fourth-order valence-electron chi connectivity index (χ4n) is 1.28. The first-order valence-corrected chi connectivity index (χ1v) is 5.23. The lowest BCUT2D eigenvalue weighted by Crippen LogP contribution is -1.92. The third-order valence-corrected chi connectivity index (χ3v) is 2.35. The van der Waals surface area contributed by atoms with Crippen LogP contribution in [0.2, 0.25) is 0 Å². The molecule has 88 valence electrons. The van der Waals surface area contributed by atoms with Crippen LogP contribution >= 0.6 is 15.9 Å². The average Bonchev–Trinajstić information content (AvgIpc) is 2.74. The molecule has 8 heteroatoms. The second-order valence-electron chi connectivity index (χ2n) is 3.00. The van der Waals surface area contributed by atoms with Crippen LogP contribution in [0.1, 0.15) is 0 Å². The van der Waals surface area contributed by atoms with Crippen molar-refractivity contribution in [2.75, 3.05) is 7.11 Å². The van der Waals surface area contributed by atoms with E-state index in [-0.39, 0.29) is 16.4 Å². The fraction of sp³-hybridized carbons (Fsp3) is 0.111. The third kappa shape index (κ3) is 2.26. The van der Waals surface area contributed by atoms with Crippen molar-refractivity contribution in [3.8, 4) is 17.2 Å². The van der Waals surface area contributed by atoms with Gasteiger partial charge in [-0.25, -0.2) is 0 Å². The van der Waals surface area contributed by atoms with Crippen molar-refractivity contribution >= 4 is 21.6 Å². The number of hydrogen-bond donors (Lipinski definition) is 0. The molecule has 0 bridgehead atoms. The highest BCUT2D eigenvalue weighted by atomic mass is 79.9. The maximum Gasteiger partial charge on any atom is 0.285 e. The summed E-state index contributed by atoms with van der Waals surface area (Å²) in [6.45, 7) is 0. The van der Waals surface area contributed by atoms with E-state index in [0.717, 1.165) is 0 Å². The lowest BCUT2D eigenvalue weighted by molar-refractivity contribution is -0.384. The Labute approximate surface area is 104 Å². The predicted octanol–water partition coefficient (Wildman–Crippen LogP) is 2.42. The Kier molecular flexibility index (Phi) is 3.05. The van der Waals surface area contributed by atoms with Gasteiger partial charge in [-0.2, -0.15) is 0 Å². The van der Waals surface area contributed by atoms with Gasteiger partial charge in [-0.15, -0.1) is 10.2 Å². The Balaban J connectivity index is 2.51. The molecule has 0 saturated carbocycles. The van der Waals surface area contributed by atoms with Gasteiger partial charge in [-0.05, 0) is 6.07 Å². The molecule has 0 aliphatic heterocycles. The Hall–Kier alpha value is -1.96. The zero-order valence-corrected chi connectivity index (χ0v) is 10.2. The minimum Gasteiger partial charge on any atom is -0.496 e. The first kappa shape index (κ1) is 11.5. The first-order chi connectivity index (χ1) is 8.11. The van der Waals surface area contributed by atoms with Gasteiger partial charge in [0.2, 0.25) is 0 Å². The van der Waals surface area contributed by atoms with E-state index in [4.69, 9.17) is 9.15 Å². The van der Waals surface area contributed by atoms with Gasteiger partial charge in [0, 0.05) is 22.0 Å². The van der Waals surface area contributed by atoms with E-state index in [9.17, 15) is 10.1 Å². The molecule has 1 aromatic heterocycles. The highest BCUT2D eigenvalue weighted by Crippen LogP contribution is 2.32. The lowest BCUT2D eigenvalue weighted by Gasteiger charge is -2.03. The van der Waals surface area contributed by atoms with Gasteiger partial charge in [0.15, 0.2) is 0 Å². The Morgan fingerprint density at radius 1 is 1.47 bits per heavy atom. The summed E-state index contributed by atoms with van der Waals surface area (Å²) < 4.78 is 10.2. The maximum absolute atomic E-state index is 10.6. The van der Waals surface area contributed by atoms with Gasteiger partial charge < -0.3 is 9.15 Å².